The van der Waals surface area contributed by atoms with Crippen molar-refractivity contribution in [2.24, 2.45) is 0 Å². The van der Waals surface area contributed by atoms with Crippen LogP contribution in [0.2, 0.25) is 0 Å². The van der Waals surface area contributed by atoms with E-state index in [2.05, 4.69) is 20.3 Å². The second-order valence-corrected chi connectivity index (χ2v) is 8.54. The lowest BCUT2D eigenvalue weighted by molar-refractivity contribution is -0.145. The molecule has 33 heavy (non-hydrogen) atoms. The molecule has 0 radical (unpaired) electrons. The van der Waals surface area contributed by atoms with Crippen LogP contribution in [-0.4, -0.2) is 38.7 Å². The topological polar surface area (TPSA) is 97.2 Å². The number of aryl methyl sites for hydroxylation is 1. The molecule has 1 aromatic carbocycles. The summed E-state index contributed by atoms with van der Waals surface area (Å²) in [7, 11) is 0. The van der Waals surface area contributed by atoms with Crippen LogP contribution in [0.1, 0.15) is 46.5 Å². The molecule has 2 heterocycles. The van der Waals surface area contributed by atoms with Crippen LogP contribution in [0, 0.1) is 12.7 Å². The SMILES string of the molecule is Cc1cnc(-c2cc(OCC(C)O)cc(C(=O)N[C@H](C)c3cnc(C(F)(F)F)nc3)c2F)s1. The summed E-state index contributed by atoms with van der Waals surface area (Å²) in [5.41, 5.74) is -0.0958. The number of aliphatic hydroxyl groups is 1. The van der Waals surface area contributed by atoms with E-state index in [1.165, 1.54) is 37.3 Å². The van der Waals surface area contributed by atoms with Gasteiger partial charge in [0, 0.05) is 29.0 Å². The molecule has 0 spiro atoms. The molecule has 0 saturated heterocycles. The van der Waals surface area contributed by atoms with Crippen molar-refractivity contribution in [1.82, 2.24) is 20.3 Å². The smallest absolute Gasteiger partial charge is 0.451 e. The van der Waals surface area contributed by atoms with Gasteiger partial charge in [0.25, 0.3) is 5.91 Å². The highest BCUT2D eigenvalue weighted by molar-refractivity contribution is 7.14. The molecule has 0 saturated carbocycles. The number of rotatable bonds is 7. The zero-order chi connectivity index (χ0) is 24.3. The Hall–Kier alpha value is -3.12. The lowest BCUT2D eigenvalue weighted by Gasteiger charge is -2.17. The number of halogens is 4. The normalized spacial score (nSPS) is 13.5. The number of hydrogen-bond acceptors (Lipinski definition) is 7. The minimum Gasteiger partial charge on any atom is -0.491 e. The van der Waals surface area contributed by atoms with Crippen LogP contribution in [0.4, 0.5) is 17.6 Å². The summed E-state index contributed by atoms with van der Waals surface area (Å²) >= 11 is 1.23. The van der Waals surface area contributed by atoms with Crippen molar-refractivity contribution in [3.8, 4) is 16.3 Å². The molecule has 0 aliphatic rings. The van der Waals surface area contributed by atoms with Crippen LogP contribution in [0.3, 0.4) is 0 Å². The lowest BCUT2D eigenvalue weighted by atomic mass is 10.1. The summed E-state index contributed by atoms with van der Waals surface area (Å²) in [6.45, 7) is 4.73. The van der Waals surface area contributed by atoms with Gasteiger partial charge in [-0.25, -0.2) is 19.3 Å². The van der Waals surface area contributed by atoms with Crippen molar-refractivity contribution < 1.29 is 32.2 Å². The minimum atomic E-state index is -4.69. The fraction of sp³-hybridized carbons (Fsp3) is 0.333. The Morgan fingerprint density at radius 3 is 2.39 bits per heavy atom. The van der Waals surface area contributed by atoms with Gasteiger partial charge in [-0.3, -0.25) is 4.79 Å². The predicted molar refractivity (Wildman–Crippen MR) is 112 cm³/mol. The Balaban J connectivity index is 1.89. The Morgan fingerprint density at radius 1 is 1.18 bits per heavy atom. The number of aromatic nitrogens is 3. The molecular formula is C21H20F4N4O3S. The number of nitrogens with one attached hydrogen (secondary N) is 1. The van der Waals surface area contributed by atoms with Gasteiger partial charge in [0.1, 0.15) is 23.2 Å². The number of ether oxygens (including phenoxy) is 1. The van der Waals surface area contributed by atoms with E-state index < -0.39 is 35.9 Å². The van der Waals surface area contributed by atoms with Gasteiger partial charge < -0.3 is 15.2 Å². The molecule has 1 unspecified atom stereocenters. The number of aliphatic hydroxyl groups excluding tert-OH is 1. The zero-order valence-electron chi connectivity index (χ0n) is 17.8. The third kappa shape index (κ3) is 6.02. The van der Waals surface area contributed by atoms with Crippen LogP contribution in [-0.2, 0) is 6.18 Å². The molecule has 2 N–H and O–H groups in total. The molecule has 7 nitrogen and oxygen atoms in total. The number of nitrogens with zero attached hydrogens (tertiary/aromatic N) is 3. The monoisotopic (exact) mass is 484 g/mol. The maximum Gasteiger partial charge on any atom is 0.451 e. The van der Waals surface area contributed by atoms with Gasteiger partial charge in [0.15, 0.2) is 0 Å². The summed E-state index contributed by atoms with van der Waals surface area (Å²) in [4.78, 5) is 24.4. The van der Waals surface area contributed by atoms with Gasteiger partial charge in [-0.05, 0) is 32.9 Å². The third-order valence-electron chi connectivity index (χ3n) is 4.41. The predicted octanol–water partition coefficient (Wildman–Crippen LogP) is 4.32. The van der Waals surface area contributed by atoms with E-state index in [4.69, 9.17) is 4.74 Å². The van der Waals surface area contributed by atoms with Gasteiger partial charge in [-0.2, -0.15) is 13.2 Å². The number of carbonyl (C=O) groups is 1. The van der Waals surface area contributed by atoms with Crippen LogP contribution in [0.25, 0.3) is 10.6 Å². The highest BCUT2D eigenvalue weighted by atomic mass is 32.1. The first-order valence-corrected chi connectivity index (χ1v) is 10.5. The van der Waals surface area contributed by atoms with Gasteiger partial charge in [0.05, 0.1) is 23.3 Å². The maximum atomic E-state index is 15.3. The van der Waals surface area contributed by atoms with E-state index in [-0.39, 0.29) is 29.0 Å². The van der Waals surface area contributed by atoms with Gasteiger partial charge in [-0.15, -0.1) is 11.3 Å². The Labute approximate surface area is 190 Å². The molecule has 1 amide bonds. The third-order valence-corrected chi connectivity index (χ3v) is 5.35. The summed E-state index contributed by atoms with van der Waals surface area (Å²) in [6.07, 6.45) is -2.02. The first kappa shape index (κ1) is 24.5. The Kier molecular flexibility index (Phi) is 7.28. The van der Waals surface area contributed by atoms with E-state index in [9.17, 15) is 23.1 Å². The highest BCUT2D eigenvalue weighted by Gasteiger charge is 2.34. The van der Waals surface area contributed by atoms with E-state index >= 15 is 4.39 Å². The van der Waals surface area contributed by atoms with Crippen molar-refractivity contribution in [2.45, 2.75) is 39.1 Å². The summed E-state index contributed by atoms with van der Waals surface area (Å²) in [6, 6.07) is 1.76. The average Bonchev–Trinajstić information content (AvgIpc) is 3.18. The van der Waals surface area contributed by atoms with Crippen LogP contribution < -0.4 is 10.1 Å². The number of hydrogen-bond donors (Lipinski definition) is 2. The van der Waals surface area contributed by atoms with Crippen LogP contribution in [0.15, 0.2) is 30.7 Å². The molecule has 12 heteroatoms. The van der Waals surface area contributed by atoms with Gasteiger partial charge >= 0.3 is 6.18 Å². The van der Waals surface area contributed by atoms with Gasteiger partial charge in [-0.1, -0.05) is 0 Å². The zero-order valence-corrected chi connectivity index (χ0v) is 18.6. The van der Waals surface area contributed by atoms with Crippen molar-refractivity contribution in [3.63, 3.8) is 0 Å². The van der Waals surface area contributed by atoms with Crippen molar-refractivity contribution >= 4 is 17.2 Å². The second kappa shape index (κ2) is 9.79. The standard InChI is InChI=1S/C21H20F4N4O3S/c1-10(30)9-32-14-4-15(17(22)16(5-14)19-26-6-11(2)33-19)18(31)29-12(3)13-7-27-20(28-8-13)21(23,24)25/h4-8,10,12,30H,9H2,1-3H3,(H,29,31)/t10?,12-/m1/s1. The largest absolute Gasteiger partial charge is 0.491 e. The number of benzene rings is 1. The molecule has 176 valence electrons. The molecule has 0 bridgehead atoms. The van der Waals surface area contributed by atoms with E-state index in [1.807, 2.05) is 0 Å². The summed E-state index contributed by atoms with van der Waals surface area (Å²) in [5.74, 6) is -2.81. The molecule has 0 fully saturated rings. The first-order valence-electron chi connectivity index (χ1n) is 9.73. The van der Waals surface area contributed by atoms with E-state index in [0.717, 1.165) is 17.3 Å². The molecule has 2 atom stereocenters. The number of thiazole rings is 1. The van der Waals surface area contributed by atoms with Gasteiger partial charge in [0.2, 0.25) is 5.82 Å². The van der Waals surface area contributed by atoms with Crippen molar-refractivity contribution in [3.05, 3.63) is 58.4 Å². The minimum absolute atomic E-state index is 0.0480. The quantitative estimate of drug-likeness (QED) is 0.485. The van der Waals surface area contributed by atoms with Crippen LogP contribution in [0.5, 0.6) is 5.75 Å². The molecule has 0 aliphatic carbocycles. The molecule has 3 rings (SSSR count). The number of alkyl halides is 3. The molecule has 0 aliphatic heterocycles. The second-order valence-electron chi connectivity index (χ2n) is 7.30. The summed E-state index contributed by atoms with van der Waals surface area (Å²) in [5, 5.41) is 12.3. The fourth-order valence-electron chi connectivity index (χ4n) is 2.76. The lowest BCUT2D eigenvalue weighted by Crippen LogP contribution is -2.28. The van der Waals surface area contributed by atoms with Crippen molar-refractivity contribution in [2.75, 3.05) is 6.61 Å². The molecule has 3 aromatic rings. The first-order chi connectivity index (χ1) is 15.5. The average molecular weight is 484 g/mol. The Morgan fingerprint density at radius 2 is 1.85 bits per heavy atom. The Bertz CT molecular complexity index is 1130. The fourth-order valence-corrected chi connectivity index (χ4v) is 3.54. The van der Waals surface area contributed by atoms with Crippen molar-refractivity contribution in [1.29, 1.82) is 0 Å². The summed E-state index contributed by atoms with van der Waals surface area (Å²) < 4.78 is 58.7. The van der Waals surface area contributed by atoms with E-state index in [1.54, 1.807) is 13.1 Å². The van der Waals surface area contributed by atoms with E-state index in [0.29, 0.717) is 5.01 Å². The molecule has 2 aromatic heterocycles. The number of amides is 1. The van der Waals surface area contributed by atoms with Crippen LogP contribution >= 0.6 is 11.3 Å². The highest BCUT2D eigenvalue weighted by Crippen LogP contribution is 2.33. The molecular weight excluding hydrogens is 464 g/mol. The number of carbonyl (C=O) groups excluding carboxylic acids is 1. The maximum absolute atomic E-state index is 15.3.